The normalized spacial score (nSPS) is 19.5. The van der Waals surface area contributed by atoms with Gasteiger partial charge < -0.3 is 9.47 Å². The quantitative estimate of drug-likeness (QED) is 0.868. The van der Waals surface area contributed by atoms with Gasteiger partial charge in [-0.2, -0.15) is 0 Å². The third-order valence-corrected chi connectivity index (χ3v) is 5.36. The van der Waals surface area contributed by atoms with Crippen LogP contribution in [0.2, 0.25) is 0 Å². The van der Waals surface area contributed by atoms with Gasteiger partial charge in [0.15, 0.2) is 0 Å². The van der Waals surface area contributed by atoms with Gasteiger partial charge in [0.1, 0.15) is 5.82 Å². The van der Waals surface area contributed by atoms with Crippen LogP contribution < -0.4 is 0 Å². The summed E-state index contributed by atoms with van der Waals surface area (Å²) in [6.07, 6.45) is 5.35. The van der Waals surface area contributed by atoms with Crippen LogP contribution in [-0.2, 0) is 4.79 Å². The Hall–Kier alpha value is -1.84. The number of hydrogen-bond acceptors (Lipinski definition) is 2. The van der Waals surface area contributed by atoms with Gasteiger partial charge in [0.25, 0.3) is 0 Å². The average molecular weight is 311 g/mol. The molecule has 0 atom stereocenters. The molecule has 1 aromatic carbocycles. The molecule has 1 aliphatic carbocycles. The van der Waals surface area contributed by atoms with E-state index < -0.39 is 0 Å². The van der Waals surface area contributed by atoms with Crippen LogP contribution in [0.1, 0.15) is 49.5 Å². The first kappa shape index (κ1) is 14.7. The van der Waals surface area contributed by atoms with Crippen molar-refractivity contribution in [2.45, 2.75) is 52.0 Å². The van der Waals surface area contributed by atoms with Crippen LogP contribution in [0.25, 0.3) is 11.0 Å². The second kappa shape index (κ2) is 5.66. The number of amides is 1. The second-order valence-electron chi connectivity index (χ2n) is 7.28. The minimum atomic E-state index is 0.369. The summed E-state index contributed by atoms with van der Waals surface area (Å²) in [6.45, 7) is 6.01. The Balaban J connectivity index is 1.50. The fraction of sp³-hybridized carbons (Fsp3) is 0.579. The lowest BCUT2D eigenvalue weighted by atomic mass is 10.0. The van der Waals surface area contributed by atoms with E-state index in [0.717, 1.165) is 43.7 Å². The molecular formula is C19H25N3O. The number of benzene rings is 1. The van der Waals surface area contributed by atoms with Crippen molar-refractivity contribution >= 4 is 16.9 Å². The summed E-state index contributed by atoms with van der Waals surface area (Å²) >= 11 is 0. The fourth-order valence-electron chi connectivity index (χ4n) is 3.86. The number of piperidine rings is 1. The van der Waals surface area contributed by atoms with Crippen molar-refractivity contribution in [3.63, 3.8) is 0 Å². The molecule has 4 heteroatoms. The molecule has 4 rings (SSSR count). The predicted octanol–water partition coefficient (Wildman–Crippen LogP) is 3.62. The summed E-state index contributed by atoms with van der Waals surface area (Å²) in [5.74, 6) is 2.14. The van der Waals surface area contributed by atoms with Crippen LogP contribution in [-0.4, -0.2) is 33.4 Å². The zero-order chi connectivity index (χ0) is 16.0. The van der Waals surface area contributed by atoms with Gasteiger partial charge in [-0.25, -0.2) is 4.98 Å². The Morgan fingerprint density at radius 2 is 1.91 bits per heavy atom. The Morgan fingerprint density at radius 3 is 2.61 bits per heavy atom. The minimum Gasteiger partial charge on any atom is -0.343 e. The number of carbonyl (C=O) groups is 1. The summed E-state index contributed by atoms with van der Waals surface area (Å²) in [7, 11) is 0. The van der Waals surface area contributed by atoms with Crippen LogP contribution in [0.5, 0.6) is 0 Å². The number of aromatic nitrogens is 2. The van der Waals surface area contributed by atoms with Crippen molar-refractivity contribution in [2.24, 2.45) is 5.92 Å². The topological polar surface area (TPSA) is 38.1 Å². The maximum atomic E-state index is 12.3. The molecule has 1 saturated carbocycles. The van der Waals surface area contributed by atoms with E-state index in [9.17, 15) is 4.79 Å². The smallest absolute Gasteiger partial charge is 0.222 e. The highest BCUT2D eigenvalue weighted by Crippen LogP contribution is 2.34. The lowest BCUT2D eigenvalue weighted by molar-refractivity contribution is -0.132. The summed E-state index contributed by atoms with van der Waals surface area (Å²) < 4.78 is 2.39. The van der Waals surface area contributed by atoms with E-state index in [1.54, 1.807) is 0 Å². The summed E-state index contributed by atoms with van der Waals surface area (Å²) in [5, 5.41) is 0. The Morgan fingerprint density at radius 1 is 1.17 bits per heavy atom. The molecule has 1 saturated heterocycles. The highest BCUT2D eigenvalue weighted by Gasteiger charge is 2.30. The average Bonchev–Trinajstić information content (AvgIpc) is 3.28. The van der Waals surface area contributed by atoms with Crippen LogP contribution in [0.4, 0.5) is 0 Å². The molecule has 0 radical (unpaired) electrons. The predicted molar refractivity (Wildman–Crippen MR) is 91.4 cm³/mol. The van der Waals surface area contributed by atoms with Crippen molar-refractivity contribution < 1.29 is 4.79 Å². The monoisotopic (exact) mass is 311 g/mol. The number of fused-ring (bicyclic) bond motifs is 1. The van der Waals surface area contributed by atoms with Gasteiger partial charge in [0, 0.05) is 25.6 Å². The highest BCUT2D eigenvalue weighted by molar-refractivity contribution is 5.78. The van der Waals surface area contributed by atoms with Crippen LogP contribution >= 0.6 is 0 Å². The number of carbonyl (C=O) groups excluding carboxylic acids is 1. The number of likely N-dealkylation sites (tertiary alicyclic amines) is 1. The molecule has 0 N–H and O–H groups in total. The molecule has 0 bridgehead atoms. The molecule has 2 aromatic rings. The number of imidazole rings is 1. The van der Waals surface area contributed by atoms with E-state index >= 15 is 0 Å². The minimum absolute atomic E-state index is 0.369. The molecule has 0 unspecified atom stereocenters. The van der Waals surface area contributed by atoms with Crippen molar-refractivity contribution in [3.05, 3.63) is 29.6 Å². The number of rotatable bonds is 3. The van der Waals surface area contributed by atoms with Crippen molar-refractivity contribution in [1.29, 1.82) is 0 Å². The Kier molecular flexibility index (Phi) is 3.63. The molecule has 23 heavy (non-hydrogen) atoms. The second-order valence-corrected chi connectivity index (χ2v) is 7.28. The van der Waals surface area contributed by atoms with Crippen molar-refractivity contribution in [3.8, 4) is 0 Å². The van der Waals surface area contributed by atoms with Gasteiger partial charge in [0.2, 0.25) is 5.91 Å². The van der Waals surface area contributed by atoms with Gasteiger partial charge in [-0.05, 0) is 63.1 Å². The van der Waals surface area contributed by atoms with Gasteiger partial charge >= 0.3 is 0 Å². The summed E-state index contributed by atoms with van der Waals surface area (Å²) in [5.41, 5.74) is 3.60. The zero-order valence-electron chi connectivity index (χ0n) is 14.1. The van der Waals surface area contributed by atoms with Gasteiger partial charge in [0.05, 0.1) is 11.0 Å². The Bertz CT molecular complexity index is 736. The molecule has 0 spiro atoms. The molecule has 1 aromatic heterocycles. The molecule has 122 valence electrons. The fourth-order valence-corrected chi connectivity index (χ4v) is 3.86. The third-order valence-electron chi connectivity index (χ3n) is 5.36. The molecule has 1 amide bonds. The molecule has 2 heterocycles. The lowest BCUT2D eigenvalue weighted by Gasteiger charge is -2.33. The standard InChI is InChI=1S/C19H25N3O/c1-13-3-6-17-18(11-13)22(14(2)20-17)16-7-9-21(10-8-16)19(23)12-15-4-5-15/h3,6,11,15-16H,4-5,7-10,12H2,1-2H3. The largest absolute Gasteiger partial charge is 0.343 e. The SMILES string of the molecule is Cc1ccc2nc(C)n(C3CCN(C(=O)CC4CC4)CC3)c2c1. The van der Waals surface area contributed by atoms with E-state index in [1.807, 2.05) is 0 Å². The molecule has 2 aliphatic rings. The number of hydrogen-bond donors (Lipinski definition) is 0. The van der Waals surface area contributed by atoms with E-state index in [1.165, 1.54) is 23.9 Å². The molecule has 1 aliphatic heterocycles. The van der Waals surface area contributed by atoms with Gasteiger partial charge in [-0.15, -0.1) is 0 Å². The van der Waals surface area contributed by atoms with E-state index in [2.05, 4.69) is 41.5 Å². The molecule has 2 fully saturated rings. The van der Waals surface area contributed by atoms with Gasteiger partial charge in [-0.3, -0.25) is 4.79 Å². The van der Waals surface area contributed by atoms with Crippen LogP contribution in [0.3, 0.4) is 0 Å². The van der Waals surface area contributed by atoms with E-state index in [-0.39, 0.29) is 0 Å². The zero-order valence-corrected chi connectivity index (χ0v) is 14.1. The van der Waals surface area contributed by atoms with Gasteiger partial charge in [-0.1, -0.05) is 6.07 Å². The first-order valence-electron chi connectivity index (χ1n) is 8.85. The molecular weight excluding hydrogens is 286 g/mol. The van der Waals surface area contributed by atoms with Crippen LogP contribution in [0.15, 0.2) is 18.2 Å². The third kappa shape index (κ3) is 2.87. The summed E-state index contributed by atoms with van der Waals surface area (Å²) in [6, 6.07) is 6.94. The Labute approximate surface area is 137 Å². The maximum absolute atomic E-state index is 12.3. The summed E-state index contributed by atoms with van der Waals surface area (Å²) in [4.78, 5) is 19.1. The number of aryl methyl sites for hydroxylation is 2. The van der Waals surface area contributed by atoms with Crippen molar-refractivity contribution in [2.75, 3.05) is 13.1 Å². The maximum Gasteiger partial charge on any atom is 0.222 e. The first-order chi connectivity index (χ1) is 11.1. The van der Waals surface area contributed by atoms with Crippen molar-refractivity contribution in [1.82, 2.24) is 14.5 Å². The van der Waals surface area contributed by atoms with E-state index in [4.69, 9.17) is 4.98 Å². The highest BCUT2D eigenvalue weighted by atomic mass is 16.2. The first-order valence-corrected chi connectivity index (χ1v) is 8.85. The van der Waals surface area contributed by atoms with Crippen LogP contribution in [0, 0.1) is 19.8 Å². The lowest BCUT2D eigenvalue weighted by Crippen LogP contribution is -2.39. The number of nitrogens with zero attached hydrogens (tertiary/aromatic N) is 3. The molecule has 4 nitrogen and oxygen atoms in total. The van der Waals surface area contributed by atoms with E-state index in [0.29, 0.717) is 17.9 Å².